The van der Waals surface area contributed by atoms with Gasteiger partial charge in [-0.1, -0.05) is 32.1 Å². The van der Waals surface area contributed by atoms with Crippen molar-refractivity contribution in [2.45, 2.75) is 47.0 Å². The standard InChI is InChI=1S/C27H32N6O/c1-15-12-16(2)29-26(28-15)33-25-22(17(3)31-33)23(18-8-10-19(11-9-18)32(6)7)24-20(30-25)13-27(4,5)14-21(24)34/h8-13,23-24,30H,14H2,1-7H3/t23-,24+/m0/s1. The van der Waals surface area contributed by atoms with Crippen molar-refractivity contribution in [3.05, 3.63) is 70.3 Å². The van der Waals surface area contributed by atoms with E-state index in [0.717, 1.165) is 45.4 Å². The van der Waals surface area contributed by atoms with E-state index in [1.165, 1.54) is 0 Å². The van der Waals surface area contributed by atoms with Gasteiger partial charge in [0.1, 0.15) is 11.6 Å². The van der Waals surface area contributed by atoms with Crippen LogP contribution in [0.2, 0.25) is 0 Å². The third-order valence-corrected chi connectivity index (χ3v) is 6.80. The molecule has 2 aliphatic rings. The van der Waals surface area contributed by atoms with Crippen LogP contribution in [0.1, 0.15) is 54.4 Å². The number of rotatable bonds is 3. The lowest BCUT2D eigenvalue weighted by molar-refractivity contribution is -0.124. The van der Waals surface area contributed by atoms with E-state index < -0.39 is 0 Å². The van der Waals surface area contributed by atoms with Crippen LogP contribution in [0.25, 0.3) is 5.95 Å². The number of hydrogen-bond donors (Lipinski definition) is 1. The van der Waals surface area contributed by atoms with Gasteiger partial charge < -0.3 is 10.2 Å². The number of anilines is 2. The highest BCUT2D eigenvalue weighted by molar-refractivity contribution is 5.90. The fourth-order valence-corrected chi connectivity index (χ4v) is 5.39. The van der Waals surface area contributed by atoms with Gasteiger partial charge in [-0.2, -0.15) is 9.78 Å². The fourth-order valence-electron chi connectivity index (χ4n) is 5.39. The van der Waals surface area contributed by atoms with Crippen molar-refractivity contribution in [2.75, 3.05) is 24.3 Å². The van der Waals surface area contributed by atoms with Gasteiger partial charge in [0.05, 0.1) is 11.6 Å². The molecule has 3 heterocycles. The van der Waals surface area contributed by atoms with E-state index in [-0.39, 0.29) is 23.0 Å². The van der Waals surface area contributed by atoms with Crippen LogP contribution in [0, 0.1) is 32.1 Å². The summed E-state index contributed by atoms with van der Waals surface area (Å²) < 4.78 is 1.80. The van der Waals surface area contributed by atoms with Crippen LogP contribution in [-0.2, 0) is 4.79 Å². The Hall–Kier alpha value is -3.48. The second kappa shape index (κ2) is 7.79. The zero-order valence-electron chi connectivity index (χ0n) is 21.0. The number of hydrogen-bond acceptors (Lipinski definition) is 6. The summed E-state index contributed by atoms with van der Waals surface area (Å²) >= 11 is 0. The van der Waals surface area contributed by atoms with Crippen molar-refractivity contribution in [3.63, 3.8) is 0 Å². The molecule has 0 saturated carbocycles. The Kier molecular flexibility index (Phi) is 5.11. The van der Waals surface area contributed by atoms with E-state index in [9.17, 15) is 4.79 Å². The zero-order valence-corrected chi connectivity index (χ0v) is 21.0. The third-order valence-electron chi connectivity index (χ3n) is 6.80. The normalized spacial score (nSPS) is 20.8. The molecule has 0 bridgehead atoms. The topological polar surface area (TPSA) is 75.9 Å². The second-order valence-corrected chi connectivity index (χ2v) is 10.5. The Balaban J connectivity index is 1.74. The number of nitrogens with zero attached hydrogens (tertiary/aromatic N) is 5. The smallest absolute Gasteiger partial charge is 0.252 e. The number of fused-ring (bicyclic) bond motifs is 2. The Labute approximate surface area is 200 Å². The molecule has 0 amide bonds. The molecule has 7 heteroatoms. The Morgan fingerprint density at radius 2 is 1.68 bits per heavy atom. The molecular weight excluding hydrogens is 424 g/mol. The fraction of sp³-hybridized carbons (Fsp3) is 0.407. The van der Waals surface area contributed by atoms with Crippen LogP contribution < -0.4 is 10.2 Å². The van der Waals surface area contributed by atoms with Crippen molar-refractivity contribution in [1.82, 2.24) is 19.7 Å². The number of carbonyl (C=O) groups is 1. The summed E-state index contributed by atoms with van der Waals surface area (Å²) in [6, 6.07) is 10.5. The lowest BCUT2D eigenvalue weighted by Gasteiger charge is -2.40. The highest BCUT2D eigenvalue weighted by Gasteiger charge is 2.46. The summed E-state index contributed by atoms with van der Waals surface area (Å²) in [4.78, 5) is 24.9. The number of benzene rings is 1. The minimum absolute atomic E-state index is 0.123. The quantitative estimate of drug-likeness (QED) is 0.615. The van der Waals surface area contributed by atoms with Gasteiger partial charge in [0.25, 0.3) is 5.95 Å². The molecule has 1 aliphatic heterocycles. The first kappa shape index (κ1) is 22.3. The van der Waals surface area contributed by atoms with Crippen molar-refractivity contribution >= 4 is 17.3 Å². The molecule has 3 aromatic rings. The molecule has 0 spiro atoms. The molecule has 1 aliphatic carbocycles. The summed E-state index contributed by atoms with van der Waals surface area (Å²) in [6.07, 6.45) is 2.75. The first-order valence-electron chi connectivity index (χ1n) is 11.8. The molecule has 1 N–H and O–H groups in total. The van der Waals surface area contributed by atoms with Crippen LogP contribution >= 0.6 is 0 Å². The Morgan fingerprint density at radius 3 is 2.29 bits per heavy atom. The SMILES string of the molecule is Cc1cc(C)nc(-n2nc(C)c3c2NC2=CC(C)(C)CC(=O)[C@@H]2[C@H]3c2ccc(N(C)C)cc2)n1. The Bertz CT molecular complexity index is 1300. The molecule has 0 fully saturated rings. The minimum Gasteiger partial charge on any atom is -0.378 e. The maximum absolute atomic E-state index is 13.5. The molecular formula is C27H32N6O. The molecule has 0 unspecified atom stereocenters. The average molecular weight is 457 g/mol. The lowest BCUT2D eigenvalue weighted by Crippen LogP contribution is -2.39. The number of aromatic nitrogens is 4. The molecule has 34 heavy (non-hydrogen) atoms. The first-order chi connectivity index (χ1) is 16.0. The third kappa shape index (κ3) is 3.69. The van der Waals surface area contributed by atoms with Crippen molar-refractivity contribution < 1.29 is 4.79 Å². The molecule has 2 aromatic heterocycles. The van der Waals surface area contributed by atoms with Crippen LogP contribution in [0.4, 0.5) is 11.5 Å². The van der Waals surface area contributed by atoms with Gasteiger partial charge in [0.15, 0.2) is 0 Å². The maximum atomic E-state index is 13.5. The van der Waals surface area contributed by atoms with Crippen molar-refractivity contribution in [1.29, 1.82) is 0 Å². The lowest BCUT2D eigenvalue weighted by atomic mass is 9.67. The molecule has 0 radical (unpaired) electrons. The van der Waals surface area contributed by atoms with E-state index in [4.69, 9.17) is 5.10 Å². The Morgan fingerprint density at radius 1 is 1.03 bits per heavy atom. The number of aryl methyl sites for hydroxylation is 3. The first-order valence-corrected chi connectivity index (χ1v) is 11.8. The van der Waals surface area contributed by atoms with Gasteiger partial charge in [-0.3, -0.25) is 4.79 Å². The summed E-state index contributed by atoms with van der Waals surface area (Å²) in [6.45, 7) is 10.2. The van der Waals surface area contributed by atoms with Gasteiger partial charge >= 0.3 is 0 Å². The molecule has 1 aromatic carbocycles. The number of nitrogens with one attached hydrogen (secondary N) is 1. The van der Waals surface area contributed by atoms with E-state index in [1.54, 1.807) is 4.68 Å². The summed E-state index contributed by atoms with van der Waals surface area (Å²) in [5.41, 5.74) is 6.68. The van der Waals surface area contributed by atoms with Gasteiger partial charge in [0.2, 0.25) is 0 Å². The monoisotopic (exact) mass is 456 g/mol. The molecule has 0 saturated heterocycles. The van der Waals surface area contributed by atoms with Gasteiger partial charge in [0, 0.05) is 54.8 Å². The average Bonchev–Trinajstić information content (AvgIpc) is 3.07. The summed E-state index contributed by atoms with van der Waals surface area (Å²) in [5, 5.41) is 8.46. The highest BCUT2D eigenvalue weighted by atomic mass is 16.1. The predicted octanol–water partition coefficient (Wildman–Crippen LogP) is 4.71. The predicted molar refractivity (Wildman–Crippen MR) is 135 cm³/mol. The minimum atomic E-state index is -0.262. The van der Waals surface area contributed by atoms with E-state index in [2.05, 4.69) is 64.4 Å². The van der Waals surface area contributed by atoms with Gasteiger partial charge in [-0.25, -0.2) is 9.97 Å². The van der Waals surface area contributed by atoms with Gasteiger partial charge in [-0.15, -0.1) is 0 Å². The molecule has 176 valence electrons. The van der Waals surface area contributed by atoms with Crippen LogP contribution in [-0.4, -0.2) is 39.6 Å². The largest absolute Gasteiger partial charge is 0.378 e. The van der Waals surface area contributed by atoms with E-state index in [1.807, 2.05) is 40.9 Å². The van der Waals surface area contributed by atoms with Crippen molar-refractivity contribution in [3.8, 4) is 5.95 Å². The van der Waals surface area contributed by atoms with Gasteiger partial charge in [-0.05, 0) is 49.9 Å². The van der Waals surface area contributed by atoms with Crippen LogP contribution in [0.3, 0.4) is 0 Å². The number of allylic oxidation sites excluding steroid dienone is 2. The maximum Gasteiger partial charge on any atom is 0.252 e. The highest BCUT2D eigenvalue weighted by Crippen LogP contribution is 2.50. The molecule has 5 rings (SSSR count). The van der Waals surface area contributed by atoms with E-state index >= 15 is 0 Å². The number of ketones is 1. The number of Topliss-reactive ketones (excluding diaryl/α,β-unsaturated/α-hetero) is 1. The zero-order chi connectivity index (χ0) is 24.4. The van der Waals surface area contributed by atoms with E-state index in [0.29, 0.717) is 12.4 Å². The van der Waals surface area contributed by atoms with Crippen LogP contribution in [0.15, 0.2) is 42.1 Å². The second-order valence-electron chi connectivity index (χ2n) is 10.5. The molecule has 7 nitrogen and oxygen atoms in total. The summed E-state index contributed by atoms with van der Waals surface area (Å²) in [5.74, 6) is 1.26. The summed E-state index contributed by atoms with van der Waals surface area (Å²) in [7, 11) is 4.06. The van der Waals surface area contributed by atoms with Crippen molar-refractivity contribution in [2.24, 2.45) is 11.3 Å². The number of carbonyl (C=O) groups excluding carboxylic acids is 1. The van der Waals surface area contributed by atoms with Crippen LogP contribution in [0.5, 0.6) is 0 Å². The molecule has 2 atom stereocenters.